The van der Waals surface area contributed by atoms with Crippen LogP contribution in [-0.2, 0) is 0 Å². The molecule has 0 spiro atoms. The standard InChI is InChI=1S/C16H13O2.ClH/c1-17-14-9-6-13(7-10-14)16-11-8-12-4-2-3-5-15(12)18-16;/h2-11H,1H3;1H/q+1;/p-1. The van der Waals surface area contributed by atoms with Crippen LogP contribution in [0.5, 0.6) is 5.75 Å². The van der Waals surface area contributed by atoms with Gasteiger partial charge in [-0.15, -0.1) is 0 Å². The molecule has 3 rings (SSSR count). The molecule has 0 saturated carbocycles. The summed E-state index contributed by atoms with van der Waals surface area (Å²) >= 11 is 0. The number of para-hydroxylation sites is 1. The SMILES string of the molecule is COc1ccc(-c2ccc3ccccc3[o+]2)cc1.[Cl-]. The molecular formula is C16H13ClO2. The Bertz CT molecular complexity index is 678. The number of halogens is 1. The van der Waals surface area contributed by atoms with E-state index in [1.807, 2.05) is 54.6 Å². The van der Waals surface area contributed by atoms with Gasteiger partial charge in [0.2, 0.25) is 0 Å². The fraction of sp³-hybridized carbons (Fsp3) is 0.0625. The van der Waals surface area contributed by atoms with Gasteiger partial charge in [-0.2, -0.15) is 0 Å². The van der Waals surface area contributed by atoms with E-state index in [1.54, 1.807) is 7.11 Å². The third-order valence-corrected chi connectivity index (χ3v) is 2.93. The fourth-order valence-electron chi connectivity index (χ4n) is 1.94. The van der Waals surface area contributed by atoms with E-state index in [9.17, 15) is 0 Å². The predicted octanol–water partition coefficient (Wildman–Crippen LogP) is 1.39. The average molecular weight is 273 g/mol. The summed E-state index contributed by atoms with van der Waals surface area (Å²) < 4.78 is 11.0. The molecule has 96 valence electrons. The van der Waals surface area contributed by atoms with Crippen LogP contribution in [0.3, 0.4) is 0 Å². The zero-order valence-electron chi connectivity index (χ0n) is 10.5. The lowest BCUT2D eigenvalue weighted by Gasteiger charge is -1.98. The highest BCUT2D eigenvalue weighted by atomic mass is 35.5. The molecule has 0 fully saturated rings. The minimum Gasteiger partial charge on any atom is -1.00 e. The number of ether oxygens (including phenoxy) is 1. The summed E-state index contributed by atoms with van der Waals surface area (Å²) in [5.41, 5.74) is 1.94. The summed E-state index contributed by atoms with van der Waals surface area (Å²) in [5, 5.41) is 1.11. The molecule has 0 N–H and O–H groups in total. The van der Waals surface area contributed by atoms with Gasteiger partial charge in [0.15, 0.2) is 0 Å². The van der Waals surface area contributed by atoms with Crippen LogP contribution in [0, 0.1) is 0 Å². The lowest BCUT2D eigenvalue weighted by atomic mass is 10.1. The Labute approximate surface area is 118 Å². The summed E-state index contributed by atoms with van der Waals surface area (Å²) in [4.78, 5) is 0. The van der Waals surface area contributed by atoms with Gasteiger partial charge in [0.05, 0.1) is 18.1 Å². The molecule has 3 heteroatoms. The molecule has 0 aliphatic rings. The molecule has 0 radical (unpaired) electrons. The van der Waals surface area contributed by atoms with Gasteiger partial charge in [-0.1, -0.05) is 12.1 Å². The lowest BCUT2D eigenvalue weighted by molar-refractivity contribution is -0.00000432. The number of hydrogen-bond donors (Lipinski definition) is 0. The topological polar surface area (TPSA) is 20.5 Å². The van der Waals surface area contributed by atoms with Crippen molar-refractivity contribution in [2.24, 2.45) is 0 Å². The monoisotopic (exact) mass is 272 g/mol. The van der Waals surface area contributed by atoms with Gasteiger partial charge in [-0.05, 0) is 36.4 Å². The van der Waals surface area contributed by atoms with Crippen molar-refractivity contribution in [1.29, 1.82) is 0 Å². The Kier molecular flexibility index (Phi) is 4.03. The van der Waals surface area contributed by atoms with Crippen molar-refractivity contribution in [2.45, 2.75) is 0 Å². The highest BCUT2D eigenvalue weighted by Gasteiger charge is 2.13. The summed E-state index contributed by atoms with van der Waals surface area (Å²) in [6.07, 6.45) is 0. The maximum absolute atomic E-state index is 5.88. The zero-order valence-corrected chi connectivity index (χ0v) is 11.2. The predicted molar refractivity (Wildman–Crippen MR) is 72.6 cm³/mol. The van der Waals surface area contributed by atoms with Crippen LogP contribution in [-0.4, -0.2) is 7.11 Å². The van der Waals surface area contributed by atoms with Gasteiger partial charge in [0.25, 0.3) is 0 Å². The quantitative estimate of drug-likeness (QED) is 0.658. The fourth-order valence-corrected chi connectivity index (χ4v) is 1.94. The zero-order chi connectivity index (χ0) is 12.4. The van der Waals surface area contributed by atoms with Crippen molar-refractivity contribution >= 4 is 11.0 Å². The van der Waals surface area contributed by atoms with Gasteiger partial charge >= 0.3 is 11.3 Å². The first-order valence-electron chi connectivity index (χ1n) is 5.83. The number of benzene rings is 2. The van der Waals surface area contributed by atoms with Crippen LogP contribution in [0.4, 0.5) is 0 Å². The summed E-state index contributed by atoms with van der Waals surface area (Å²) in [7, 11) is 1.66. The first-order valence-corrected chi connectivity index (χ1v) is 5.83. The number of fused-ring (bicyclic) bond motifs is 1. The Morgan fingerprint density at radius 1 is 0.842 bits per heavy atom. The minimum absolute atomic E-state index is 0. The number of methoxy groups -OCH3 is 1. The molecule has 19 heavy (non-hydrogen) atoms. The average Bonchev–Trinajstić information content (AvgIpc) is 2.47. The molecule has 0 aliphatic heterocycles. The van der Waals surface area contributed by atoms with Gasteiger partial charge in [0, 0.05) is 12.1 Å². The van der Waals surface area contributed by atoms with Crippen molar-refractivity contribution in [3.8, 4) is 17.1 Å². The van der Waals surface area contributed by atoms with E-state index in [0.29, 0.717) is 0 Å². The molecule has 2 nitrogen and oxygen atoms in total. The second-order valence-electron chi connectivity index (χ2n) is 4.07. The van der Waals surface area contributed by atoms with E-state index in [4.69, 9.17) is 9.15 Å². The van der Waals surface area contributed by atoms with Gasteiger partial charge in [-0.25, -0.2) is 4.42 Å². The van der Waals surface area contributed by atoms with Crippen molar-refractivity contribution in [2.75, 3.05) is 7.11 Å². The van der Waals surface area contributed by atoms with Gasteiger partial charge in [-0.3, -0.25) is 0 Å². The van der Waals surface area contributed by atoms with Crippen LogP contribution in [0.15, 0.2) is 65.1 Å². The van der Waals surface area contributed by atoms with E-state index in [0.717, 1.165) is 28.0 Å². The smallest absolute Gasteiger partial charge is 0.360 e. The van der Waals surface area contributed by atoms with E-state index >= 15 is 0 Å². The summed E-state index contributed by atoms with van der Waals surface area (Å²) in [6, 6.07) is 19.9. The second kappa shape index (κ2) is 5.72. The molecule has 1 aromatic heterocycles. The van der Waals surface area contributed by atoms with Crippen LogP contribution in [0.2, 0.25) is 0 Å². The molecule has 3 aromatic rings. The summed E-state index contributed by atoms with van der Waals surface area (Å²) in [6.45, 7) is 0. The summed E-state index contributed by atoms with van der Waals surface area (Å²) in [5.74, 6) is 1.70. The first-order chi connectivity index (χ1) is 8.86. The van der Waals surface area contributed by atoms with Crippen molar-refractivity contribution < 1.29 is 21.6 Å². The highest BCUT2D eigenvalue weighted by molar-refractivity contribution is 5.78. The highest BCUT2D eigenvalue weighted by Crippen LogP contribution is 2.25. The molecule has 1 heterocycles. The van der Waals surface area contributed by atoms with Crippen LogP contribution in [0.1, 0.15) is 0 Å². The molecule has 2 aromatic carbocycles. The minimum atomic E-state index is 0. The number of hydrogen-bond acceptors (Lipinski definition) is 1. The van der Waals surface area contributed by atoms with E-state index in [1.165, 1.54) is 0 Å². The maximum Gasteiger partial charge on any atom is 0.360 e. The molecule has 0 bridgehead atoms. The third kappa shape index (κ3) is 2.69. The van der Waals surface area contributed by atoms with Crippen molar-refractivity contribution in [3.63, 3.8) is 0 Å². The molecular weight excluding hydrogens is 260 g/mol. The van der Waals surface area contributed by atoms with Crippen LogP contribution in [0.25, 0.3) is 22.3 Å². The largest absolute Gasteiger partial charge is 1.00 e. The Hall–Kier alpha value is -2.06. The molecule has 0 amide bonds. The normalized spacial score (nSPS) is 9.95. The second-order valence-corrected chi connectivity index (χ2v) is 4.07. The third-order valence-electron chi connectivity index (χ3n) is 2.93. The Morgan fingerprint density at radius 2 is 1.58 bits per heavy atom. The first kappa shape index (κ1) is 13.4. The van der Waals surface area contributed by atoms with Crippen molar-refractivity contribution in [3.05, 3.63) is 60.7 Å². The van der Waals surface area contributed by atoms with Gasteiger partial charge < -0.3 is 17.1 Å². The molecule has 0 atom stereocenters. The van der Waals surface area contributed by atoms with Gasteiger partial charge in [0.1, 0.15) is 5.75 Å². The van der Waals surface area contributed by atoms with Crippen LogP contribution >= 0.6 is 0 Å². The maximum atomic E-state index is 5.88. The lowest BCUT2D eigenvalue weighted by Crippen LogP contribution is -3.00. The molecule has 0 unspecified atom stereocenters. The Morgan fingerprint density at radius 3 is 2.32 bits per heavy atom. The van der Waals surface area contributed by atoms with Crippen molar-refractivity contribution in [1.82, 2.24) is 0 Å². The number of rotatable bonds is 2. The van der Waals surface area contributed by atoms with E-state index < -0.39 is 0 Å². The molecule has 0 aliphatic carbocycles. The molecule has 0 saturated heterocycles. The van der Waals surface area contributed by atoms with E-state index in [2.05, 4.69) is 6.07 Å². The van der Waals surface area contributed by atoms with Crippen LogP contribution < -0.4 is 17.1 Å². The Balaban J connectivity index is 0.00000133. The van der Waals surface area contributed by atoms with E-state index in [-0.39, 0.29) is 12.4 Å².